The highest BCUT2D eigenvalue weighted by Gasteiger charge is 2.47. The summed E-state index contributed by atoms with van der Waals surface area (Å²) in [5, 5.41) is 3.05. The second kappa shape index (κ2) is 3.73. The lowest BCUT2D eigenvalue weighted by Crippen LogP contribution is -2.54. The quantitative estimate of drug-likeness (QED) is 0.702. The minimum Gasteiger partial charge on any atom is -0.355 e. The van der Waals surface area contributed by atoms with E-state index in [4.69, 9.17) is 0 Å². The molecule has 14 heavy (non-hydrogen) atoms. The molecule has 0 aliphatic heterocycles. The van der Waals surface area contributed by atoms with Crippen LogP contribution < -0.4 is 5.32 Å². The van der Waals surface area contributed by atoms with Crippen molar-refractivity contribution in [3.8, 4) is 0 Å². The van der Waals surface area contributed by atoms with E-state index in [2.05, 4.69) is 5.32 Å². The molecular formula is C11H18ClNO. The number of hydrogen-bond donors (Lipinski definition) is 1. The molecular weight excluding hydrogens is 198 g/mol. The van der Waals surface area contributed by atoms with Gasteiger partial charge in [-0.15, -0.1) is 12.4 Å². The van der Waals surface area contributed by atoms with E-state index in [0.717, 1.165) is 30.1 Å². The Labute approximate surface area is 91.2 Å². The van der Waals surface area contributed by atoms with Crippen LogP contribution in [0.3, 0.4) is 0 Å². The zero-order valence-corrected chi connectivity index (χ0v) is 9.13. The Morgan fingerprint density at radius 3 is 1.86 bits per heavy atom. The number of nitrogens with one attached hydrogen (secondary N) is 1. The molecule has 4 fully saturated rings. The summed E-state index contributed by atoms with van der Waals surface area (Å²) in [4.78, 5) is 10.5. The number of carbonyl (C=O) groups excluding carboxylic acids is 1. The van der Waals surface area contributed by atoms with Crippen LogP contribution in [-0.2, 0) is 4.79 Å². The van der Waals surface area contributed by atoms with Gasteiger partial charge in [0.1, 0.15) is 0 Å². The summed E-state index contributed by atoms with van der Waals surface area (Å²) < 4.78 is 0. The molecule has 4 aliphatic rings. The SMILES string of the molecule is Cl.O=CNC1C2CC3CC(C2)CC1C3. The fourth-order valence-electron chi connectivity index (χ4n) is 4.28. The van der Waals surface area contributed by atoms with E-state index >= 15 is 0 Å². The summed E-state index contributed by atoms with van der Waals surface area (Å²) in [7, 11) is 0. The first-order chi connectivity index (χ1) is 6.36. The van der Waals surface area contributed by atoms with Gasteiger partial charge in [-0.3, -0.25) is 4.79 Å². The predicted molar refractivity (Wildman–Crippen MR) is 57.3 cm³/mol. The molecule has 3 heteroatoms. The molecule has 0 saturated heterocycles. The van der Waals surface area contributed by atoms with E-state index in [1.54, 1.807) is 0 Å². The van der Waals surface area contributed by atoms with Crippen molar-refractivity contribution >= 4 is 18.8 Å². The number of halogens is 1. The molecule has 4 saturated carbocycles. The smallest absolute Gasteiger partial charge is 0.207 e. The first-order valence-electron chi connectivity index (χ1n) is 5.56. The van der Waals surface area contributed by atoms with Crippen molar-refractivity contribution in [1.82, 2.24) is 5.32 Å². The maximum Gasteiger partial charge on any atom is 0.207 e. The van der Waals surface area contributed by atoms with Crippen LogP contribution in [0.5, 0.6) is 0 Å². The van der Waals surface area contributed by atoms with Gasteiger partial charge in [0.15, 0.2) is 0 Å². The summed E-state index contributed by atoms with van der Waals surface area (Å²) in [6.07, 6.45) is 7.95. The van der Waals surface area contributed by atoms with Crippen LogP contribution in [0.25, 0.3) is 0 Å². The Kier molecular flexibility index (Phi) is 2.74. The molecule has 0 aromatic heterocycles. The molecule has 0 spiro atoms. The first-order valence-corrected chi connectivity index (χ1v) is 5.56. The lowest BCUT2D eigenvalue weighted by Gasteiger charge is -2.54. The summed E-state index contributed by atoms with van der Waals surface area (Å²) >= 11 is 0. The van der Waals surface area contributed by atoms with E-state index in [1.807, 2.05) is 0 Å². The van der Waals surface area contributed by atoms with Crippen LogP contribution in [0.2, 0.25) is 0 Å². The molecule has 4 aliphatic carbocycles. The summed E-state index contributed by atoms with van der Waals surface area (Å²) in [5.41, 5.74) is 0. The largest absolute Gasteiger partial charge is 0.355 e. The molecule has 1 N–H and O–H groups in total. The van der Waals surface area contributed by atoms with Gasteiger partial charge in [0.2, 0.25) is 6.41 Å². The van der Waals surface area contributed by atoms with Gasteiger partial charge in [0, 0.05) is 6.04 Å². The second-order valence-corrected chi connectivity index (χ2v) is 5.24. The van der Waals surface area contributed by atoms with Crippen LogP contribution in [0.1, 0.15) is 32.1 Å². The number of amides is 1. The highest BCUT2D eigenvalue weighted by Crippen LogP contribution is 2.53. The van der Waals surface area contributed by atoms with Crippen molar-refractivity contribution in [3.63, 3.8) is 0 Å². The molecule has 0 atom stereocenters. The van der Waals surface area contributed by atoms with Crippen molar-refractivity contribution < 1.29 is 4.79 Å². The highest BCUT2D eigenvalue weighted by atomic mass is 35.5. The molecule has 0 radical (unpaired) electrons. The zero-order chi connectivity index (χ0) is 8.84. The van der Waals surface area contributed by atoms with Gasteiger partial charge in [-0.05, 0) is 55.8 Å². The van der Waals surface area contributed by atoms with Crippen LogP contribution in [0.15, 0.2) is 0 Å². The molecule has 80 valence electrons. The highest BCUT2D eigenvalue weighted by molar-refractivity contribution is 5.85. The number of carbonyl (C=O) groups is 1. The lowest BCUT2D eigenvalue weighted by molar-refractivity contribution is -0.113. The summed E-state index contributed by atoms with van der Waals surface area (Å²) in [5.74, 6) is 3.65. The van der Waals surface area contributed by atoms with Gasteiger partial charge in [0.25, 0.3) is 0 Å². The Morgan fingerprint density at radius 2 is 1.43 bits per heavy atom. The van der Waals surface area contributed by atoms with Crippen LogP contribution in [0.4, 0.5) is 0 Å². The normalized spacial score (nSPS) is 48.4. The third kappa shape index (κ3) is 1.44. The van der Waals surface area contributed by atoms with Gasteiger partial charge in [-0.25, -0.2) is 0 Å². The minimum absolute atomic E-state index is 0. The molecule has 0 heterocycles. The monoisotopic (exact) mass is 215 g/mol. The third-order valence-electron chi connectivity index (χ3n) is 4.49. The van der Waals surface area contributed by atoms with Crippen molar-refractivity contribution in [1.29, 1.82) is 0 Å². The first kappa shape index (κ1) is 10.3. The van der Waals surface area contributed by atoms with Crippen molar-refractivity contribution in [2.45, 2.75) is 38.1 Å². The number of rotatable bonds is 2. The second-order valence-electron chi connectivity index (χ2n) is 5.24. The van der Waals surface area contributed by atoms with Crippen LogP contribution >= 0.6 is 12.4 Å². The van der Waals surface area contributed by atoms with Gasteiger partial charge in [-0.2, -0.15) is 0 Å². The Hall–Kier alpha value is -0.240. The van der Waals surface area contributed by atoms with Crippen LogP contribution in [0, 0.1) is 23.7 Å². The van der Waals surface area contributed by atoms with Crippen molar-refractivity contribution in [2.24, 2.45) is 23.7 Å². The molecule has 2 nitrogen and oxygen atoms in total. The number of hydrogen-bond acceptors (Lipinski definition) is 1. The molecule has 0 unspecified atom stereocenters. The lowest BCUT2D eigenvalue weighted by atomic mass is 9.54. The van der Waals surface area contributed by atoms with E-state index in [1.165, 1.54) is 32.1 Å². The zero-order valence-electron chi connectivity index (χ0n) is 8.32. The Bertz CT molecular complexity index is 203. The maximum absolute atomic E-state index is 10.5. The summed E-state index contributed by atoms with van der Waals surface area (Å²) in [6, 6.07) is 0.533. The van der Waals surface area contributed by atoms with E-state index < -0.39 is 0 Å². The predicted octanol–water partition coefficient (Wildman–Crippen LogP) is 1.98. The van der Waals surface area contributed by atoms with E-state index in [9.17, 15) is 4.79 Å². The Balaban J connectivity index is 0.000000750. The maximum atomic E-state index is 10.5. The molecule has 4 rings (SSSR count). The average Bonchev–Trinajstić information content (AvgIpc) is 2.10. The van der Waals surface area contributed by atoms with Gasteiger partial charge >= 0.3 is 0 Å². The van der Waals surface area contributed by atoms with Gasteiger partial charge in [0.05, 0.1) is 0 Å². The van der Waals surface area contributed by atoms with E-state index in [-0.39, 0.29) is 12.4 Å². The molecule has 0 aromatic rings. The van der Waals surface area contributed by atoms with E-state index in [0.29, 0.717) is 6.04 Å². The Morgan fingerprint density at radius 1 is 0.929 bits per heavy atom. The average molecular weight is 216 g/mol. The molecule has 0 aromatic carbocycles. The van der Waals surface area contributed by atoms with Gasteiger partial charge < -0.3 is 5.32 Å². The topological polar surface area (TPSA) is 29.1 Å². The third-order valence-corrected chi connectivity index (χ3v) is 4.49. The molecule has 4 bridgehead atoms. The van der Waals surface area contributed by atoms with Crippen molar-refractivity contribution in [3.05, 3.63) is 0 Å². The standard InChI is InChI=1S/C11H17NO.ClH/c13-6-12-11-9-2-7-1-8(4-9)5-10(11)3-7;/h6-11H,1-5H2,(H,12,13);1H. The van der Waals surface area contributed by atoms with Crippen LogP contribution in [-0.4, -0.2) is 12.5 Å². The fourth-order valence-corrected chi connectivity index (χ4v) is 4.28. The molecule has 1 amide bonds. The van der Waals surface area contributed by atoms with Crippen molar-refractivity contribution in [2.75, 3.05) is 0 Å². The fraction of sp³-hybridized carbons (Fsp3) is 0.909. The van der Waals surface area contributed by atoms with Gasteiger partial charge in [-0.1, -0.05) is 0 Å². The minimum atomic E-state index is 0. The summed E-state index contributed by atoms with van der Waals surface area (Å²) in [6.45, 7) is 0.